The molecule has 0 heterocycles. The topological polar surface area (TPSA) is 38.3 Å². The van der Waals surface area contributed by atoms with E-state index in [9.17, 15) is 9.18 Å². The van der Waals surface area contributed by atoms with Crippen molar-refractivity contribution in [1.29, 1.82) is 0 Å². The molecular weight excluding hydrogens is 376 g/mol. The zero-order valence-electron chi connectivity index (χ0n) is 18.7. The number of unbranched alkanes of at least 4 members (excludes halogenated alkanes) is 4. The molecule has 160 valence electrons. The SMILES string of the molecule is Bc1c(F)cc(C)c(C)c1OC(=O)CCCCCCCNC(=C)c1ccccc1C. The van der Waals surface area contributed by atoms with Crippen molar-refractivity contribution in [1.82, 2.24) is 5.32 Å². The molecule has 0 bridgehead atoms. The van der Waals surface area contributed by atoms with Gasteiger partial charge in [0.25, 0.3) is 0 Å². The second kappa shape index (κ2) is 11.6. The Labute approximate surface area is 181 Å². The smallest absolute Gasteiger partial charge is 0.311 e. The third kappa shape index (κ3) is 6.75. The second-order valence-corrected chi connectivity index (χ2v) is 7.97. The minimum absolute atomic E-state index is 0.289. The van der Waals surface area contributed by atoms with Gasteiger partial charge in [0, 0.05) is 18.7 Å². The Bertz CT molecular complexity index is 869. The lowest BCUT2D eigenvalue weighted by Gasteiger charge is -2.13. The number of carbonyl (C=O) groups is 1. The van der Waals surface area contributed by atoms with Crippen molar-refractivity contribution in [3.05, 3.63) is 65.0 Å². The molecule has 2 rings (SSSR count). The normalized spacial score (nSPS) is 10.7. The Hall–Kier alpha value is -2.56. The molecule has 0 saturated heterocycles. The number of esters is 1. The number of halogens is 1. The average molecular weight is 409 g/mol. The number of benzene rings is 2. The first-order valence-corrected chi connectivity index (χ1v) is 10.8. The number of hydrogen-bond donors (Lipinski definition) is 1. The highest BCUT2D eigenvalue weighted by Crippen LogP contribution is 2.21. The molecule has 0 aliphatic carbocycles. The van der Waals surface area contributed by atoms with E-state index >= 15 is 0 Å². The number of rotatable bonds is 11. The third-order valence-electron chi connectivity index (χ3n) is 5.56. The fraction of sp³-hybridized carbons (Fsp3) is 0.400. The van der Waals surface area contributed by atoms with Gasteiger partial charge in [-0.05, 0) is 67.4 Å². The van der Waals surface area contributed by atoms with Crippen LogP contribution < -0.4 is 15.5 Å². The molecule has 2 aromatic carbocycles. The standard InChI is InChI=1S/C25H33BFNO2/c1-17-12-9-10-13-21(17)20(4)28-15-11-7-5-6-8-14-23(29)30-25-19(3)18(2)16-22(27)24(25)26/h9-10,12-13,16,28H,4-8,11,14-15,26H2,1-3H3. The molecule has 0 atom stereocenters. The highest BCUT2D eigenvalue weighted by molar-refractivity contribution is 6.34. The highest BCUT2D eigenvalue weighted by Gasteiger charge is 2.15. The minimum Gasteiger partial charge on any atom is -0.427 e. The summed E-state index contributed by atoms with van der Waals surface area (Å²) in [5.74, 6) is -0.250. The molecule has 0 radical (unpaired) electrons. The van der Waals surface area contributed by atoms with Crippen LogP contribution in [0.25, 0.3) is 5.70 Å². The zero-order chi connectivity index (χ0) is 22.1. The van der Waals surface area contributed by atoms with E-state index in [0.29, 0.717) is 17.6 Å². The van der Waals surface area contributed by atoms with Crippen LogP contribution in [0.4, 0.5) is 4.39 Å². The summed E-state index contributed by atoms with van der Waals surface area (Å²) in [6, 6.07) is 9.71. The Morgan fingerprint density at radius 2 is 1.73 bits per heavy atom. The van der Waals surface area contributed by atoms with E-state index < -0.39 is 0 Å². The van der Waals surface area contributed by atoms with Crippen LogP contribution in [-0.2, 0) is 4.79 Å². The van der Waals surface area contributed by atoms with Crippen LogP contribution in [0.15, 0.2) is 36.9 Å². The van der Waals surface area contributed by atoms with Gasteiger partial charge in [0.2, 0.25) is 0 Å². The maximum Gasteiger partial charge on any atom is 0.311 e. The molecule has 0 fully saturated rings. The average Bonchev–Trinajstić information content (AvgIpc) is 2.71. The molecule has 0 aliphatic heterocycles. The van der Waals surface area contributed by atoms with Gasteiger partial charge in [-0.3, -0.25) is 4.79 Å². The second-order valence-electron chi connectivity index (χ2n) is 7.97. The van der Waals surface area contributed by atoms with Crippen molar-refractivity contribution in [3.8, 4) is 5.75 Å². The Kier molecular flexibility index (Phi) is 9.16. The predicted molar refractivity (Wildman–Crippen MR) is 126 cm³/mol. The van der Waals surface area contributed by atoms with Gasteiger partial charge >= 0.3 is 5.97 Å². The summed E-state index contributed by atoms with van der Waals surface area (Å²) in [4.78, 5) is 12.1. The first-order valence-electron chi connectivity index (χ1n) is 10.8. The molecule has 0 aliphatic rings. The summed E-state index contributed by atoms with van der Waals surface area (Å²) in [5, 5.41) is 3.40. The van der Waals surface area contributed by atoms with Crippen molar-refractivity contribution < 1.29 is 13.9 Å². The van der Waals surface area contributed by atoms with Gasteiger partial charge in [-0.25, -0.2) is 4.39 Å². The number of hydrogen-bond acceptors (Lipinski definition) is 3. The molecule has 0 spiro atoms. The Morgan fingerprint density at radius 1 is 1.07 bits per heavy atom. The summed E-state index contributed by atoms with van der Waals surface area (Å²) in [6.07, 6.45) is 5.36. The molecule has 0 saturated carbocycles. The Balaban J connectivity index is 1.61. The summed E-state index contributed by atoms with van der Waals surface area (Å²) in [5.41, 5.74) is 5.36. The molecule has 0 unspecified atom stereocenters. The Morgan fingerprint density at radius 3 is 2.47 bits per heavy atom. The molecule has 0 amide bonds. The first kappa shape index (κ1) is 23.7. The third-order valence-corrected chi connectivity index (χ3v) is 5.56. The lowest BCUT2D eigenvalue weighted by Crippen LogP contribution is -2.20. The molecule has 3 nitrogen and oxygen atoms in total. The van der Waals surface area contributed by atoms with Crippen LogP contribution in [0.2, 0.25) is 0 Å². The van der Waals surface area contributed by atoms with E-state index in [4.69, 9.17) is 4.74 Å². The van der Waals surface area contributed by atoms with Crippen molar-refractivity contribution in [2.24, 2.45) is 0 Å². The highest BCUT2D eigenvalue weighted by atomic mass is 19.1. The first-order chi connectivity index (χ1) is 14.3. The fourth-order valence-electron chi connectivity index (χ4n) is 3.46. The number of nitrogens with one attached hydrogen (secondary N) is 1. The summed E-state index contributed by atoms with van der Waals surface area (Å²) in [7, 11) is 1.65. The van der Waals surface area contributed by atoms with Crippen molar-refractivity contribution in [2.45, 2.75) is 59.3 Å². The van der Waals surface area contributed by atoms with Crippen LogP contribution in [-0.4, -0.2) is 20.4 Å². The van der Waals surface area contributed by atoms with Crippen LogP contribution in [0, 0.1) is 26.6 Å². The lowest BCUT2D eigenvalue weighted by molar-refractivity contribution is -0.134. The summed E-state index contributed by atoms with van der Waals surface area (Å²) < 4.78 is 19.4. The number of ether oxygens (including phenoxy) is 1. The molecule has 0 aromatic heterocycles. The van der Waals surface area contributed by atoms with E-state index in [1.54, 1.807) is 7.85 Å². The summed E-state index contributed by atoms with van der Waals surface area (Å²) in [6.45, 7) is 10.8. The maximum absolute atomic E-state index is 13.9. The number of aryl methyl sites for hydroxylation is 2. The van der Waals surface area contributed by atoms with Crippen LogP contribution in [0.5, 0.6) is 5.75 Å². The molecule has 1 N–H and O–H groups in total. The minimum atomic E-state index is -0.334. The van der Waals surface area contributed by atoms with Crippen LogP contribution >= 0.6 is 0 Å². The molecular formula is C25H33BFNO2. The van der Waals surface area contributed by atoms with E-state index in [1.807, 2.05) is 26.0 Å². The van der Waals surface area contributed by atoms with Gasteiger partial charge in [0.1, 0.15) is 19.4 Å². The van der Waals surface area contributed by atoms with Gasteiger partial charge in [-0.1, -0.05) is 50.1 Å². The molecule has 5 heteroatoms. The van der Waals surface area contributed by atoms with Crippen LogP contribution in [0.1, 0.15) is 60.8 Å². The van der Waals surface area contributed by atoms with E-state index in [2.05, 4.69) is 31.0 Å². The van der Waals surface area contributed by atoms with Crippen molar-refractivity contribution in [3.63, 3.8) is 0 Å². The van der Waals surface area contributed by atoms with Gasteiger partial charge in [0.05, 0.1) is 0 Å². The van der Waals surface area contributed by atoms with E-state index in [1.165, 1.54) is 11.6 Å². The number of carbonyl (C=O) groups excluding carboxylic acids is 1. The van der Waals surface area contributed by atoms with Crippen molar-refractivity contribution in [2.75, 3.05) is 6.54 Å². The predicted octanol–water partition coefficient (Wildman–Crippen LogP) is 4.52. The van der Waals surface area contributed by atoms with E-state index in [-0.39, 0.29) is 11.8 Å². The van der Waals surface area contributed by atoms with Gasteiger partial charge in [0.15, 0.2) is 0 Å². The van der Waals surface area contributed by atoms with Crippen LogP contribution in [0.3, 0.4) is 0 Å². The molecule has 2 aromatic rings. The fourth-order valence-corrected chi connectivity index (χ4v) is 3.46. The monoisotopic (exact) mass is 409 g/mol. The lowest BCUT2D eigenvalue weighted by atomic mass is 9.90. The molecule has 30 heavy (non-hydrogen) atoms. The van der Waals surface area contributed by atoms with E-state index in [0.717, 1.165) is 61.0 Å². The van der Waals surface area contributed by atoms with Crippen molar-refractivity contribution >= 4 is 25.0 Å². The zero-order valence-corrected chi connectivity index (χ0v) is 18.7. The summed E-state index contributed by atoms with van der Waals surface area (Å²) >= 11 is 0. The van der Waals surface area contributed by atoms with Gasteiger partial charge < -0.3 is 10.1 Å². The van der Waals surface area contributed by atoms with Gasteiger partial charge in [-0.2, -0.15) is 0 Å². The largest absolute Gasteiger partial charge is 0.427 e. The van der Waals surface area contributed by atoms with Gasteiger partial charge in [-0.15, -0.1) is 0 Å². The maximum atomic E-state index is 13.9. The quantitative estimate of drug-likeness (QED) is 0.257.